The van der Waals surface area contributed by atoms with E-state index in [-0.39, 0.29) is 23.2 Å². The number of carbonyl (C=O) groups excluding carboxylic acids is 2. The average molecular weight is 697 g/mol. The molecule has 48 heavy (non-hydrogen) atoms. The summed E-state index contributed by atoms with van der Waals surface area (Å²) in [6, 6.07) is 0. The molecule has 0 spiro atoms. The number of hydrogen-bond donors (Lipinski definition) is 1. The Labute approximate surface area is 301 Å². The van der Waals surface area contributed by atoms with Gasteiger partial charge in [-0.1, -0.05) is 170 Å². The van der Waals surface area contributed by atoms with Gasteiger partial charge in [0.1, 0.15) is 17.3 Å². The Morgan fingerprint density at radius 1 is 0.729 bits per heavy atom. The molecule has 4 atom stereocenters. The largest absolute Gasteiger partial charge is 0.458 e. The number of aliphatic hydroxyl groups is 1. The Kier molecular flexibility index (Phi) is 25.7. The third kappa shape index (κ3) is 19.0. The summed E-state index contributed by atoms with van der Waals surface area (Å²) in [4.78, 5) is 23.1. The zero-order valence-electron chi connectivity index (χ0n) is 34.0. The van der Waals surface area contributed by atoms with Crippen molar-refractivity contribution in [2.75, 3.05) is 0 Å². The fourth-order valence-corrected chi connectivity index (χ4v) is 8.04. The highest BCUT2D eigenvalue weighted by Gasteiger charge is 2.62. The Hall–Kier alpha value is -0.723. The summed E-state index contributed by atoms with van der Waals surface area (Å²) in [5, 5.41) is 10.7. The minimum absolute atomic E-state index is 0.0679. The number of aliphatic hydroxyl groups excluding tert-OH is 1. The number of esters is 1. The zero-order chi connectivity index (χ0) is 36.5. The smallest absolute Gasteiger partial charge is 0.316 e. The standard InChI is InChI=1S/C24H46O3.C18H38O2Si/c1-5-7-9-11-13-14-16-18-21(25)20-24(4)23(3,22(26)27-24)19-17-15-12-10-8-6-2;1-7-8-9-10-11-12-13-14-17(15-16-19)20-21(5,6)18(2,3)4/h21,25H,5-20H2,1-4H3;16-17H,7-15H2,1-6H3/t21-,23-,24+;17-/m11/s1. The molecular weight excluding hydrogens is 613 g/mol. The van der Waals surface area contributed by atoms with Crippen molar-refractivity contribution in [1.29, 1.82) is 0 Å². The maximum absolute atomic E-state index is 12.2. The van der Waals surface area contributed by atoms with Gasteiger partial charge in [-0.2, -0.15) is 0 Å². The van der Waals surface area contributed by atoms with E-state index in [1.165, 1.54) is 116 Å². The van der Waals surface area contributed by atoms with E-state index in [0.29, 0.717) is 12.8 Å². The maximum atomic E-state index is 12.2. The van der Waals surface area contributed by atoms with Gasteiger partial charge in [0.15, 0.2) is 8.32 Å². The first kappa shape index (κ1) is 47.3. The molecule has 6 heteroatoms. The molecule has 0 aliphatic carbocycles. The predicted molar refractivity (Wildman–Crippen MR) is 209 cm³/mol. The van der Waals surface area contributed by atoms with Crippen molar-refractivity contribution in [3.63, 3.8) is 0 Å². The minimum Gasteiger partial charge on any atom is -0.458 e. The van der Waals surface area contributed by atoms with Crippen molar-refractivity contribution in [1.82, 2.24) is 0 Å². The van der Waals surface area contributed by atoms with Crippen LogP contribution in [0.2, 0.25) is 18.1 Å². The second-order valence-electron chi connectivity index (χ2n) is 17.1. The summed E-state index contributed by atoms with van der Waals surface area (Å²) >= 11 is 0. The van der Waals surface area contributed by atoms with Gasteiger partial charge >= 0.3 is 5.97 Å². The Morgan fingerprint density at radius 2 is 1.15 bits per heavy atom. The molecule has 286 valence electrons. The van der Waals surface area contributed by atoms with Gasteiger partial charge in [0.25, 0.3) is 0 Å². The first-order valence-corrected chi connectivity index (χ1v) is 23.6. The highest BCUT2D eigenvalue weighted by molar-refractivity contribution is 6.74. The zero-order valence-corrected chi connectivity index (χ0v) is 35.0. The van der Waals surface area contributed by atoms with Gasteiger partial charge in [-0.25, -0.2) is 0 Å². The molecule has 5 nitrogen and oxygen atoms in total. The molecule has 0 radical (unpaired) electrons. The van der Waals surface area contributed by atoms with Crippen LogP contribution in [0.3, 0.4) is 0 Å². The fourth-order valence-electron chi connectivity index (χ4n) is 6.64. The molecule has 0 aromatic rings. The number of ether oxygens (including phenoxy) is 1. The van der Waals surface area contributed by atoms with Crippen LogP contribution in [0, 0.1) is 5.41 Å². The second kappa shape index (κ2) is 26.1. The Balaban J connectivity index is 0.000000952. The van der Waals surface area contributed by atoms with Gasteiger partial charge in [0.2, 0.25) is 0 Å². The van der Waals surface area contributed by atoms with Crippen LogP contribution in [0.25, 0.3) is 0 Å². The number of carbonyl (C=O) groups is 2. The topological polar surface area (TPSA) is 72.8 Å². The number of hydrogen-bond acceptors (Lipinski definition) is 5. The van der Waals surface area contributed by atoms with Gasteiger partial charge in [0, 0.05) is 12.8 Å². The van der Waals surface area contributed by atoms with Crippen LogP contribution in [0.5, 0.6) is 0 Å². The predicted octanol–water partition coefficient (Wildman–Crippen LogP) is 13.1. The molecule has 1 saturated heterocycles. The molecule has 0 amide bonds. The second-order valence-corrected chi connectivity index (χ2v) is 21.8. The first-order valence-electron chi connectivity index (χ1n) is 20.7. The highest BCUT2D eigenvalue weighted by Crippen LogP contribution is 2.52. The molecule has 1 fully saturated rings. The van der Waals surface area contributed by atoms with Crippen LogP contribution in [-0.2, 0) is 18.8 Å². The molecule has 1 aliphatic heterocycles. The summed E-state index contributed by atoms with van der Waals surface area (Å²) < 4.78 is 12.0. The molecule has 0 unspecified atom stereocenters. The number of rotatable bonds is 29. The number of cyclic esters (lactones) is 1. The van der Waals surface area contributed by atoms with E-state index in [2.05, 4.69) is 54.6 Å². The molecule has 0 aromatic heterocycles. The van der Waals surface area contributed by atoms with E-state index in [4.69, 9.17) is 9.16 Å². The van der Waals surface area contributed by atoms with Crippen molar-refractivity contribution in [2.45, 2.75) is 252 Å². The third-order valence-electron chi connectivity index (χ3n) is 11.5. The van der Waals surface area contributed by atoms with Crippen molar-refractivity contribution in [3.8, 4) is 0 Å². The van der Waals surface area contributed by atoms with Crippen LogP contribution in [0.15, 0.2) is 0 Å². The lowest BCUT2D eigenvalue weighted by molar-refractivity contribution is -0.243. The number of unbranched alkanes of at least 4 members (excludes halogenated alkanes) is 17. The first-order chi connectivity index (χ1) is 22.6. The summed E-state index contributed by atoms with van der Waals surface area (Å²) in [7, 11) is -1.75. The summed E-state index contributed by atoms with van der Waals surface area (Å²) in [6.45, 7) is 22.1. The average Bonchev–Trinajstić information content (AvgIpc) is 3.01. The van der Waals surface area contributed by atoms with E-state index >= 15 is 0 Å². The van der Waals surface area contributed by atoms with Crippen molar-refractivity contribution < 1.29 is 23.9 Å². The third-order valence-corrected chi connectivity index (χ3v) is 16.0. The molecule has 1 rings (SSSR count). The lowest BCUT2D eigenvalue weighted by Gasteiger charge is -2.54. The van der Waals surface area contributed by atoms with E-state index in [0.717, 1.165) is 38.4 Å². The molecule has 1 heterocycles. The van der Waals surface area contributed by atoms with Gasteiger partial charge in [-0.3, -0.25) is 4.79 Å². The fraction of sp³-hybridized carbons (Fsp3) is 0.952. The van der Waals surface area contributed by atoms with Crippen molar-refractivity contribution >= 4 is 20.6 Å². The summed E-state index contributed by atoms with van der Waals surface area (Å²) in [6.07, 6.45) is 30.1. The van der Waals surface area contributed by atoms with Crippen LogP contribution >= 0.6 is 0 Å². The van der Waals surface area contributed by atoms with Crippen LogP contribution < -0.4 is 0 Å². The van der Waals surface area contributed by atoms with Gasteiger partial charge < -0.3 is 19.1 Å². The lowest BCUT2D eigenvalue weighted by Crippen LogP contribution is -2.64. The Bertz CT molecular complexity index is 808. The van der Waals surface area contributed by atoms with Gasteiger partial charge in [-0.05, 0) is 51.2 Å². The van der Waals surface area contributed by atoms with Crippen molar-refractivity contribution in [2.24, 2.45) is 5.41 Å². The number of aldehydes is 1. The summed E-state index contributed by atoms with van der Waals surface area (Å²) in [5.74, 6) is -0.0679. The van der Waals surface area contributed by atoms with Crippen LogP contribution in [-0.4, -0.2) is 43.5 Å². The molecule has 1 N–H and O–H groups in total. The minimum atomic E-state index is -1.75. The normalized spacial score (nSPS) is 20.8. The van der Waals surface area contributed by atoms with Gasteiger partial charge in [0.05, 0.1) is 12.2 Å². The van der Waals surface area contributed by atoms with E-state index in [1.54, 1.807) is 0 Å². The molecule has 0 saturated carbocycles. The van der Waals surface area contributed by atoms with Crippen LogP contribution in [0.4, 0.5) is 0 Å². The van der Waals surface area contributed by atoms with E-state index < -0.39 is 19.3 Å². The molecule has 0 bridgehead atoms. The summed E-state index contributed by atoms with van der Waals surface area (Å²) in [5.41, 5.74) is -0.910. The Morgan fingerprint density at radius 3 is 1.56 bits per heavy atom. The molecule has 1 aliphatic rings. The monoisotopic (exact) mass is 697 g/mol. The quantitative estimate of drug-likeness (QED) is 0.0365. The molecule has 0 aromatic carbocycles. The highest BCUT2D eigenvalue weighted by atomic mass is 28.4. The van der Waals surface area contributed by atoms with Crippen molar-refractivity contribution in [3.05, 3.63) is 0 Å². The lowest BCUT2D eigenvalue weighted by atomic mass is 9.64. The maximum Gasteiger partial charge on any atom is 0.316 e. The SMILES string of the molecule is CCCCCCCCC[C@@H](O)C[C@]1(C)OC(=O)[C@@]1(C)CCCCCCCC.CCCCCCCCC[C@H](CC=O)O[Si](C)(C)C(C)(C)C. The van der Waals surface area contributed by atoms with E-state index in [9.17, 15) is 14.7 Å². The molecular formula is C42H84O5Si. The van der Waals surface area contributed by atoms with E-state index in [1.807, 2.05) is 13.8 Å². The van der Waals surface area contributed by atoms with Crippen LogP contribution in [0.1, 0.15) is 216 Å². The van der Waals surface area contributed by atoms with Gasteiger partial charge in [-0.15, -0.1) is 0 Å².